The Kier molecular flexibility index (Phi) is 7.31. The third-order valence-electron chi connectivity index (χ3n) is 4.78. The molecule has 8 heteroatoms. The van der Waals surface area contributed by atoms with Crippen molar-refractivity contribution < 1.29 is 13.2 Å². The SMILES string of the molecule is CC(C)CCNC(=O)C(C)C1CCN(S(=O)(=O)c2ccc(Cl)s2)CC1. The molecule has 0 radical (unpaired) electrons. The lowest BCUT2D eigenvalue weighted by Crippen LogP contribution is -2.42. The van der Waals surface area contributed by atoms with Crippen molar-refractivity contribution in [2.45, 2.75) is 44.2 Å². The summed E-state index contributed by atoms with van der Waals surface area (Å²) in [5, 5.41) is 3.00. The lowest BCUT2D eigenvalue weighted by atomic mass is 9.85. The van der Waals surface area contributed by atoms with Crippen molar-refractivity contribution in [3.8, 4) is 0 Å². The van der Waals surface area contributed by atoms with Crippen molar-refractivity contribution in [2.24, 2.45) is 17.8 Å². The summed E-state index contributed by atoms with van der Waals surface area (Å²) in [7, 11) is -3.47. The highest BCUT2D eigenvalue weighted by Gasteiger charge is 2.33. The van der Waals surface area contributed by atoms with Gasteiger partial charge in [0, 0.05) is 25.6 Å². The van der Waals surface area contributed by atoms with Crippen molar-refractivity contribution in [1.29, 1.82) is 0 Å². The first kappa shape index (κ1) is 20.7. The predicted molar refractivity (Wildman–Crippen MR) is 102 cm³/mol. The largest absolute Gasteiger partial charge is 0.356 e. The maximum atomic E-state index is 12.6. The van der Waals surface area contributed by atoms with Gasteiger partial charge in [0.25, 0.3) is 10.0 Å². The van der Waals surface area contributed by atoms with Crippen LogP contribution in [0.3, 0.4) is 0 Å². The molecule has 142 valence electrons. The van der Waals surface area contributed by atoms with Crippen LogP contribution in [0, 0.1) is 17.8 Å². The maximum absolute atomic E-state index is 12.6. The molecule has 0 saturated carbocycles. The summed E-state index contributed by atoms with van der Waals surface area (Å²) in [5.41, 5.74) is 0. The average Bonchev–Trinajstić information content (AvgIpc) is 3.01. The Labute approximate surface area is 159 Å². The van der Waals surface area contributed by atoms with Gasteiger partial charge >= 0.3 is 0 Å². The smallest absolute Gasteiger partial charge is 0.252 e. The van der Waals surface area contributed by atoms with E-state index in [-0.39, 0.29) is 22.0 Å². The topological polar surface area (TPSA) is 66.5 Å². The number of hydrogen-bond donors (Lipinski definition) is 1. The van der Waals surface area contributed by atoms with Crippen LogP contribution in [-0.4, -0.2) is 38.3 Å². The molecule has 5 nitrogen and oxygen atoms in total. The van der Waals surface area contributed by atoms with Crippen LogP contribution in [0.15, 0.2) is 16.3 Å². The summed E-state index contributed by atoms with van der Waals surface area (Å²) < 4.78 is 27.5. The predicted octanol–water partition coefficient (Wildman–Crippen LogP) is 3.60. The molecular weight excluding hydrogens is 380 g/mol. The van der Waals surface area contributed by atoms with Crippen LogP contribution in [0.4, 0.5) is 0 Å². The highest BCUT2D eigenvalue weighted by Crippen LogP contribution is 2.32. The normalized spacial score (nSPS) is 18.4. The standard InChI is InChI=1S/C17H27ClN2O3S2/c1-12(2)6-9-19-17(21)13(3)14-7-10-20(11-8-14)25(22,23)16-5-4-15(18)24-16/h4-5,12-14H,6-11H2,1-3H3,(H,19,21). The molecular formula is C17H27ClN2O3S2. The van der Waals surface area contributed by atoms with Crippen LogP contribution >= 0.6 is 22.9 Å². The van der Waals surface area contributed by atoms with Crippen molar-refractivity contribution in [3.63, 3.8) is 0 Å². The Hall–Kier alpha value is -0.630. The van der Waals surface area contributed by atoms with Crippen molar-refractivity contribution in [3.05, 3.63) is 16.5 Å². The van der Waals surface area contributed by atoms with Gasteiger partial charge in [-0.05, 0) is 43.2 Å². The Bertz CT molecular complexity index is 680. The average molecular weight is 407 g/mol. The Morgan fingerprint density at radius 3 is 2.48 bits per heavy atom. The van der Waals surface area contributed by atoms with Gasteiger partial charge in [0.1, 0.15) is 4.21 Å². The zero-order valence-electron chi connectivity index (χ0n) is 15.0. The van der Waals surface area contributed by atoms with E-state index in [4.69, 9.17) is 11.6 Å². The van der Waals surface area contributed by atoms with Crippen molar-refractivity contribution >= 4 is 38.9 Å². The molecule has 2 heterocycles. The molecule has 0 bridgehead atoms. The van der Waals surface area contributed by atoms with E-state index in [1.807, 2.05) is 6.92 Å². The lowest BCUT2D eigenvalue weighted by Gasteiger charge is -2.33. The van der Waals surface area contributed by atoms with Crippen LogP contribution in [0.2, 0.25) is 4.34 Å². The number of nitrogens with one attached hydrogen (secondary N) is 1. The van der Waals surface area contributed by atoms with Gasteiger partial charge in [0.05, 0.1) is 4.34 Å². The summed E-state index contributed by atoms with van der Waals surface area (Å²) in [6.45, 7) is 7.81. The number of carbonyl (C=O) groups excluding carboxylic acids is 1. The van der Waals surface area contributed by atoms with E-state index in [9.17, 15) is 13.2 Å². The number of halogens is 1. The number of amides is 1. The zero-order valence-corrected chi connectivity index (χ0v) is 17.4. The van der Waals surface area contributed by atoms with Crippen LogP contribution in [-0.2, 0) is 14.8 Å². The van der Waals surface area contributed by atoms with E-state index in [1.165, 1.54) is 4.31 Å². The molecule has 0 aromatic carbocycles. The van der Waals surface area contributed by atoms with E-state index in [0.29, 0.717) is 42.7 Å². The second-order valence-electron chi connectivity index (χ2n) is 7.06. The maximum Gasteiger partial charge on any atom is 0.252 e. The van der Waals surface area contributed by atoms with Gasteiger partial charge in [0.2, 0.25) is 5.91 Å². The summed E-state index contributed by atoms with van der Waals surface area (Å²) in [6, 6.07) is 3.16. The summed E-state index contributed by atoms with van der Waals surface area (Å²) in [6.07, 6.45) is 2.38. The molecule has 1 aromatic rings. The first-order valence-electron chi connectivity index (χ1n) is 8.75. The molecule has 1 aliphatic heterocycles. The molecule has 0 spiro atoms. The van der Waals surface area contributed by atoms with E-state index in [2.05, 4.69) is 19.2 Å². The fourth-order valence-corrected chi connectivity index (χ4v) is 6.15. The molecule has 1 aromatic heterocycles. The van der Waals surface area contributed by atoms with E-state index >= 15 is 0 Å². The van der Waals surface area contributed by atoms with Crippen LogP contribution in [0.25, 0.3) is 0 Å². The summed E-state index contributed by atoms with van der Waals surface area (Å²) >= 11 is 6.94. The molecule has 1 fully saturated rings. The number of thiophene rings is 1. The lowest BCUT2D eigenvalue weighted by molar-refractivity contribution is -0.126. The second-order valence-corrected chi connectivity index (χ2v) is 10.9. The number of rotatable bonds is 7. The molecule has 1 atom stereocenters. The van der Waals surface area contributed by atoms with Gasteiger partial charge in [-0.25, -0.2) is 8.42 Å². The molecule has 1 unspecified atom stereocenters. The Morgan fingerprint density at radius 2 is 1.96 bits per heavy atom. The second kappa shape index (κ2) is 8.84. The number of sulfonamides is 1. The van der Waals surface area contributed by atoms with Crippen molar-refractivity contribution in [2.75, 3.05) is 19.6 Å². The van der Waals surface area contributed by atoms with Gasteiger partial charge in [0.15, 0.2) is 0 Å². The van der Waals surface area contributed by atoms with Gasteiger partial charge in [-0.3, -0.25) is 4.79 Å². The number of hydrogen-bond acceptors (Lipinski definition) is 4. The van der Waals surface area contributed by atoms with E-state index < -0.39 is 10.0 Å². The highest BCUT2D eigenvalue weighted by atomic mass is 35.5. The number of piperidine rings is 1. The molecule has 1 N–H and O–H groups in total. The van der Waals surface area contributed by atoms with Gasteiger partial charge in [-0.1, -0.05) is 32.4 Å². The first-order valence-corrected chi connectivity index (χ1v) is 11.4. The minimum Gasteiger partial charge on any atom is -0.356 e. The Balaban J connectivity index is 1.87. The van der Waals surface area contributed by atoms with Crippen molar-refractivity contribution in [1.82, 2.24) is 9.62 Å². The highest BCUT2D eigenvalue weighted by molar-refractivity contribution is 7.91. The third-order valence-corrected chi connectivity index (χ3v) is 8.38. The number of nitrogens with zero attached hydrogens (tertiary/aromatic N) is 1. The van der Waals surface area contributed by atoms with E-state index in [0.717, 1.165) is 17.8 Å². The van der Waals surface area contributed by atoms with Crippen LogP contribution < -0.4 is 5.32 Å². The third kappa shape index (κ3) is 5.42. The molecule has 0 aliphatic carbocycles. The van der Waals surface area contributed by atoms with Gasteiger partial charge in [-0.2, -0.15) is 4.31 Å². The fourth-order valence-electron chi connectivity index (χ4n) is 3.04. The van der Waals surface area contributed by atoms with E-state index in [1.54, 1.807) is 12.1 Å². The van der Waals surface area contributed by atoms with Crippen LogP contribution in [0.1, 0.15) is 40.0 Å². The quantitative estimate of drug-likeness (QED) is 0.752. The summed E-state index contributed by atoms with van der Waals surface area (Å²) in [5.74, 6) is 0.771. The minimum absolute atomic E-state index is 0.0759. The first-order chi connectivity index (χ1) is 11.7. The fraction of sp³-hybridized carbons (Fsp3) is 0.706. The monoisotopic (exact) mass is 406 g/mol. The zero-order chi connectivity index (χ0) is 18.6. The molecule has 2 rings (SSSR count). The minimum atomic E-state index is -3.47. The molecule has 1 saturated heterocycles. The van der Waals surface area contributed by atoms with Gasteiger partial charge < -0.3 is 5.32 Å². The molecule has 1 amide bonds. The van der Waals surface area contributed by atoms with Gasteiger partial charge in [-0.15, -0.1) is 11.3 Å². The van der Waals surface area contributed by atoms with Crippen LogP contribution in [0.5, 0.6) is 0 Å². The Morgan fingerprint density at radius 1 is 1.32 bits per heavy atom. The molecule has 25 heavy (non-hydrogen) atoms. The molecule has 1 aliphatic rings. The summed E-state index contributed by atoms with van der Waals surface area (Å²) in [4.78, 5) is 12.3. The number of carbonyl (C=O) groups is 1.